The highest BCUT2D eigenvalue weighted by atomic mass is 79.9. The van der Waals surface area contributed by atoms with Gasteiger partial charge in [0, 0.05) is 33.1 Å². The maximum absolute atomic E-state index is 11.1. The molecule has 122 valence electrons. The second-order valence-electron chi connectivity index (χ2n) is 6.14. The smallest absolute Gasteiger partial charge is 0.269 e. The van der Waals surface area contributed by atoms with Crippen LogP contribution < -0.4 is 5.32 Å². The average molecular weight is 406 g/mol. The molecule has 0 saturated heterocycles. The Morgan fingerprint density at radius 1 is 1.25 bits per heavy atom. The van der Waals surface area contributed by atoms with Crippen LogP contribution in [-0.4, -0.2) is 4.92 Å². The van der Waals surface area contributed by atoms with Gasteiger partial charge < -0.3 is 5.32 Å². The summed E-state index contributed by atoms with van der Waals surface area (Å²) in [7, 11) is 0. The molecule has 0 spiro atoms. The van der Waals surface area contributed by atoms with Crippen molar-refractivity contribution in [3.8, 4) is 0 Å². The summed E-state index contributed by atoms with van der Waals surface area (Å²) in [5.41, 5.74) is 3.14. The third-order valence-corrected chi connectivity index (χ3v) is 5.88. The zero-order chi connectivity index (χ0) is 16.8. The number of non-ortho nitro benzene ring substituents is 1. The Morgan fingerprint density at radius 3 is 2.88 bits per heavy atom. The topological polar surface area (TPSA) is 55.2 Å². The van der Waals surface area contributed by atoms with E-state index in [0.29, 0.717) is 16.9 Å². The van der Waals surface area contributed by atoms with Gasteiger partial charge in [0.2, 0.25) is 0 Å². The molecular formula is C18H14BrClN2O2. The molecule has 3 atom stereocenters. The molecule has 0 radical (unpaired) electrons. The van der Waals surface area contributed by atoms with Crippen molar-refractivity contribution < 1.29 is 4.92 Å². The van der Waals surface area contributed by atoms with E-state index in [9.17, 15) is 10.1 Å². The predicted octanol–water partition coefficient (Wildman–Crippen LogP) is 5.84. The molecule has 3 unspecified atom stereocenters. The van der Waals surface area contributed by atoms with E-state index in [0.717, 1.165) is 22.1 Å². The number of rotatable bonds is 2. The maximum Gasteiger partial charge on any atom is 0.269 e. The van der Waals surface area contributed by atoms with Gasteiger partial charge in [0.1, 0.15) is 0 Å². The van der Waals surface area contributed by atoms with Crippen molar-refractivity contribution in [2.45, 2.75) is 18.4 Å². The summed E-state index contributed by atoms with van der Waals surface area (Å²) in [5.74, 6) is 0.588. The molecule has 24 heavy (non-hydrogen) atoms. The number of benzene rings is 2. The SMILES string of the molecule is O=[N+]([O-])c1ccc(Cl)c(C2Nc3c(Br)cccc3C3C=CCC32)c1. The first-order valence-electron chi connectivity index (χ1n) is 7.71. The van der Waals surface area contributed by atoms with Crippen molar-refractivity contribution in [1.29, 1.82) is 0 Å². The zero-order valence-electron chi connectivity index (χ0n) is 12.6. The second kappa shape index (κ2) is 5.90. The molecular weight excluding hydrogens is 392 g/mol. The number of nitro groups is 1. The number of nitrogens with one attached hydrogen (secondary N) is 1. The number of fused-ring (bicyclic) bond motifs is 3. The molecule has 2 aromatic rings. The molecule has 1 heterocycles. The van der Waals surface area contributed by atoms with Crippen LogP contribution in [0.2, 0.25) is 5.02 Å². The molecule has 0 aromatic heterocycles. The largest absolute Gasteiger partial charge is 0.377 e. The van der Waals surface area contributed by atoms with E-state index in [1.54, 1.807) is 12.1 Å². The van der Waals surface area contributed by atoms with Gasteiger partial charge in [-0.1, -0.05) is 35.9 Å². The fourth-order valence-corrected chi connectivity index (χ4v) is 4.51. The van der Waals surface area contributed by atoms with E-state index in [4.69, 9.17) is 11.6 Å². The van der Waals surface area contributed by atoms with Crippen molar-refractivity contribution in [3.05, 3.63) is 79.3 Å². The fraction of sp³-hybridized carbons (Fsp3) is 0.222. The lowest BCUT2D eigenvalue weighted by atomic mass is 9.77. The van der Waals surface area contributed by atoms with Crippen molar-refractivity contribution in [1.82, 2.24) is 0 Å². The van der Waals surface area contributed by atoms with Gasteiger partial charge in [-0.3, -0.25) is 10.1 Å². The molecule has 0 saturated carbocycles. The van der Waals surface area contributed by atoms with E-state index in [2.05, 4.69) is 39.5 Å². The number of hydrogen-bond acceptors (Lipinski definition) is 3. The number of hydrogen-bond donors (Lipinski definition) is 1. The lowest BCUT2D eigenvalue weighted by Crippen LogP contribution is -2.29. The van der Waals surface area contributed by atoms with Crippen LogP contribution in [0.15, 0.2) is 53.0 Å². The summed E-state index contributed by atoms with van der Waals surface area (Å²) in [6.45, 7) is 0. The quantitative estimate of drug-likeness (QED) is 0.388. The number of nitro benzene ring substituents is 1. The average Bonchev–Trinajstić information content (AvgIpc) is 3.05. The van der Waals surface area contributed by atoms with Gasteiger partial charge in [-0.15, -0.1) is 0 Å². The van der Waals surface area contributed by atoms with Gasteiger partial charge in [0.05, 0.1) is 16.7 Å². The molecule has 2 aliphatic rings. The molecule has 4 rings (SSSR count). The molecule has 2 aromatic carbocycles. The Hall–Kier alpha value is -1.85. The molecule has 1 aliphatic carbocycles. The predicted molar refractivity (Wildman–Crippen MR) is 98.6 cm³/mol. The van der Waals surface area contributed by atoms with E-state index < -0.39 is 0 Å². The van der Waals surface area contributed by atoms with E-state index in [1.165, 1.54) is 11.6 Å². The minimum atomic E-state index is -0.378. The highest BCUT2D eigenvalue weighted by molar-refractivity contribution is 9.10. The van der Waals surface area contributed by atoms with E-state index in [-0.39, 0.29) is 16.7 Å². The number of anilines is 1. The summed E-state index contributed by atoms with van der Waals surface area (Å²) in [6, 6.07) is 10.8. The number of para-hydroxylation sites is 1. The molecule has 1 N–H and O–H groups in total. The highest BCUT2D eigenvalue weighted by Gasteiger charge is 2.39. The summed E-state index contributed by atoms with van der Waals surface area (Å²) < 4.78 is 0.991. The molecule has 0 bridgehead atoms. The van der Waals surface area contributed by atoms with Crippen molar-refractivity contribution in [3.63, 3.8) is 0 Å². The number of allylic oxidation sites excluding steroid dienone is 2. The van der Waals surface area contributed by atoms with Gasteiger partial charge in [-0.2, -0.15) is 0 Å². The van der Waals surface area contributed by atoms with Gasteiger partial charge in [0.15, 0.2) is 0 Å². The van der Waals surface area contributed by atoms with Crippen molar-refractivity contribution >= 4 is 38.9 Å². The Kier molecular flexibility index (Phi) is 3.85. The number of halogens is 2. The fourth-order valence-electron chi connectivity index (χ4n) is 3.77. The van der Waals surface area contributed by atoms with Crippen LogP contribution in [0, 0.1) is 16.0 Å². The lowest BCUT2D eigenvalue weighted by molar-refractivity contribution is -0.384. The molecule has 6 heteroatoms. The summed E-state index contributed by atoms with van der Waals surface area (Å²) in [5, 5.41) is 15.3. The van der Waals surface area contributed by atoms with Crippen molar-refractivity contribution in [2.24, 2.45) is 5.92 Å². The van der Waals surface area contributed by atoms with Crippen LogP contribution in [0.5, 0.6) is 0 Å². The highest BCUT2D eigenvalue weighted by Crippen LogP contribution is 2.52. The third kappa shape index (κ3) is 2.43. The molecule has 0 amide bonds. The van der Waals surface area contributed by atoms with Crippen LogP contribution in [-0.2, 0) is 0 Å². The summed E-state index contributed by atoms with van der Waals surface area (Å²) in [6.07, 6.45) is 5.34. The van der Waals surface area contributed by atoms with Crippen molar-refractivity contribution in [2.75, 3.05) is 5.32 Å². The molecule has 0 fully saturated rings. The molecule has 4 nitrogen and oxygen atoms in total. The Labute approximate surface area is 152 Å². The van der Waals surface area contributed by atoms with Crippen LogP contribution in [0.3, 0.4) is 0 Å². The van der Waals surface area contributed by atoms with Crippen LogP contribution in [0.1, 0.15) is 29.5 Å². The summed E-state index contributed by atoms with van der Waals surface area (Å²) in [4.78, 5) is 10.8. The normalized spacial score (nSPS) is 24.2. The van der Waals surface area contributed by atoms with Gasteiger partial charge >= 0.3 is 0 Å². The summed E-state index contributed by atoms with van der Waals surface area (Å²) >= 11 is 10.0. The first-order valence-corrected chi connectivity index (χ1v) is 8.89. The van der Waals surface area contributed by atoms with Crippen LogP contribution in [0.4, 0.5) is 11.4 Å². The third-order valence-electron chi connectivity index (χ3n) is 4.87. The minimum Gasteiger partial charge on any atom is -0.377 e. The minimum absolute atomic E-state index is 0.0661. The lowest BCUT2D eigenvalue weighted by Gasteiger charge is -2.38. The van der Waals surface area contributed by atoms with E-state index >= 15 is 0 Å². The van der Waals surface area contributed by atoms with E-state index in [1.807, 2.05) is 12.1 Å². The second-order valence-corrected chi connectivity index (χ2v) is 7.40. The monoisotopic (exact) mass is 404 g/mol. The van der Waals surface area contributed by atoms with Gasteiger partial charge in [-0.05, 0) is 46.0 Å². The maximum atomic E-state index is 11.1. The van der Waals surface area contributed by atoms with Gasteiger partial charge in [-0.25, -0.2) is 0 Å². The Morgan fingerprint density at radius 2 is 2.08 bits per heavy atom. The first kappa shape index (κ1) is 15.7. The zero-order valence-corrected chi connectivity index (χ0v) is 14.9. The van der Waals surface area contributed by atoms with Gasteiger partial charge in [0.25, 0.3) is 5.69 Å². The van der Waals surface area contributed by atoms with Crippen LogP contribution >= 0.6 is 27.5 Å². The van der Waals surface area contributed by atoms with Crippen LogP contribution in [0.25, 0.3) is 0 Å². The standard InChI is InChI=1S/C18H14BrClN2O2/c19-15-6-2-5-13-11-3-1-4-12(11)17(21-18(13)15)14-9-10(22(23)24)7-8-16(14)20/h1-3,5-9,11-12,17,21H,4H2. The Bertz CT molecular complexity index is 868. The number of nitrogens with zero attached hydrogens (tertiary/aromatic N) is 1. The molecule has 1 aliphatic heterocycles. The Balaban J connectivity index is 1.84. The first-order chi connectivity index (χ1) is 11.6.